The van der Waals surface area contributed by atoms with Gasteiger partial charge in [0.1, 0.15) is 0 Å². The van der Waals surface area contributed by atoms with Crippen LogP contribution in [0.1, 0.15) is 43.6 Å². The number of carboxylic acid groups (broad SMARTS) is 1. The molecular weight excluding hydrogens is 214 g/mol. The largest absolute Gasteiger partial charge is 0.481 e. The number of nitrogens with zero attached hydrogens (tertiary/aromatic N) is 1. The quantitative estimate of drug-likeness (QED) is 0.872. The first kappa shape index (κ1) is 12.2. The van der Waals surface area contributed by atoms with Crippen LogP contribution in [0.15, 0.2) is 6.07 Å². The average molecular weight is 235 g/mol. The van der Waals surface area contributed by atoms with Crippen LogP contribution in [0.4, 0.5) is 0 Å². The van der Waals surface area contributed by atoms with E-state index in [-0.39, 0.29) is 0 Å². The van der Waals surface area contributed by atoms with E-state index in [1.165, 1.54) is 5.69 Å². The highest BCUT2D eigenvalue weighted by Gasteiger charge is 2.53. The lowest BCUT2D eigenvalue weighted by Gasteiger charge is -2.14. The lowest BCUT2D eigenvalue weighted by Crippen LogP contribution is -2.20. The second-order valence-electron chi connectivity index (χ2n) is 5.68. The van der Waals surface area contributed by atoms with Gasteiger partial charge in [-0.1, -0.05) is 13.8 Å². The summed E-state index contributed by atoms with van der Waals surface area (Å²) in [5, 5.41) is 9.35. The van der Waals surface area contributed by atoms with Crippen LogP contribution in [0, 0.1) is 19.8 Å². The fourth-order valence-electron chi connectivity index (χ4n) is 2.66. The summed E-state index contributed by atoms with van der Waals surface area (Å²) < 4.78 is 2.25. The zero-order chi connectivity index (χ0) is 12.8. The van der Waals surface area contributed by atoms with Crippen molar-refractivity contribution in [3.63, 3.8) is 0 Å². The van der Waals surface area contributed by atoms with Crippen molar-refractivity contribution >= 4 is 5.97 Å². The molecule has 3 nitrogen and oxygen atoms in total. The van der Waals surface area contributed by atoms with Crippen molar-refractivity contribution in [3.8, 4) is 0 Å². The number of hydrogen-bond acceptors (Lipinski definition) is 1. The number of aliphatic carboxylic acids is 1. The molecule has 1 aromatic rings. The van der Waals surface area contributed by atoms with Gasteiger partial charge in [0.2, 0.25) is 0 Å². The normalized spacial score (nSPS) is 17.5. The van der Waals surface area contributed by atoms with Gasteiger partial charge in [0.05, 0.1) is 5.41 Å². The minimum absolute atomic E-state index is 0.572. The van der Waals surface area contributed by atoms with Gasteiger partial charge in [-0.25, -0.2) is 0 Å². The van der Waals surface area contributed by atoms with Gasteiger partial charge in [-0.15, -0.1) is 0 Å². The Kier molecular flexibility index (Phi) is 2.80. The molecule has 17 heavy (non-hydrogen) atoms. The first-order valence-electron chi connectivity index (χ1n) is 6.29. The third-order valence-electron chi connectivity index (χ3n) is 3.80. The number of hydrogen-bond donors (Lipinski definition) is 1. The highest BCUT2D eigenvalue weighted by molar-refractivity contribution is 5.85. The second kappa shape index (κ2) is 3.90. The number of rotatable bonds is 4. The van der Waals surface area contributed by atoms with Crippen molar-refractivity contribution in [1.29, 1.82) is 0 Å². The van der Waals surface area contributed by atoms with Gasteiger partial charge in [-0.3, -0.25) is 4.79 Å². The minimum Gasteiger partial charge on any atom is -0.481 e. The van der Waals surface area contributed by atoms with E-state index in [0.29, 0.717) is 5.92 Å². The van der Waals surface area contributed by atoms with Crippen LogP contribution in [0.25, 0.3) is 0 Å². The smallest absolute Gasteiger partial charge is 0.314 e. The molecule has 1 aliphatic carbocycles. The highest BCUT2D eigenvalue weighted by atomic mass is 16.4. The Balaban J connectivity index is 2.41. The van der Waals surface area contributed by atoms with Crippen LogP contribution in [-0.2, 0) is 16.8 Å². The summed E-state index contributed by atoms with van der Waals surface area (Å²) in [6.07, 6.45) is 1.57. The number of aryl methyl sites for hydroxylation is 1. The second-order valence-corrected chi connectivity index (χ2v) is 5.68. The van der Waals surface area contributed by atoms with E-state index in [2.05, 4.69) is 31.4 Å². The van der Waals surface area contributed by atoms with Crippen molar-refractivity contribution in [2.24, 2.45) is 5.92 Å². The summed E-state index contributed by atoms with van der Waals surface area (Å²) in [5.74, 6) is -0.0880. The summed E-state index contributed by atoms with van der Waals surface area (Å²) in [7, 11) is 0. The molecule has 1 fully saturated rings. The predicted molar refractivity (Wildman–Crippen MR) is 67.3 cm³/mol. The monoisotopic (exact) mass is 235 g/mol. The Morgan fingerprint density at radius 2 is 2.06 bits per heavy atom. The standard InChI is InChI=1S/C14H21NO2/c1-9(2)8-15-10(3)7-12(11(15)4)14(5-6-14)13(16)17/h7,9H,5-6,8H2,1-4H3,(H,16,17). The first-order valence-corrected chi connectivity index (χ1v) is 6.29. The first-order chi connectivity index (χ1) is 7.88. The lowest BCUT2D eigenvalue weighted by molar-refractivity contribution is -0.140. The van der Waals surface area contributed by atoms with Gasteiger partial charge in [0, 0.05) is 17.9 Å². The number of carboxylic acids is 1. The molecule has 0 spiro atoms. The molecule has 0 saturated heterocycles. The van der Waals surface area contributed by atoms with Gasteiger partial charge >= 0.3 is 5.97 Å². The van der Waals surface area contributed by atoms with E-state index in [4.69, 9.17) is 0 Å². The third kappa shape index (κ3) is 1.88. The van der Waals surface area contributed by atoms with E-state index in [1.807, 2.05) is 6.92 Å². The topological polar surface area (TPSA) is 42.2 Å². The fraction of sp³-hybridized carbons (Fsp3) is 0.643. The number of carbonyl (C=O) groups is 1. The maximum Gasteiger partial charge on any atom is 0.314 e. The molecule has 0 atom stereocenters. The molecule has 0 aromatic carbocycles. The Morgan fingerprint density at radius 3 is 2.47 bits per heavy atom. The van der Waals surface area contributed by atoms with Crippen LogP contribution in [0.5, 0.6) is 0 Å². The lowest BCUT2D eigenvalue weighted by atomic mass is 9.96. The Bertz CT molecular complexity index is 453. The van der Waals surface area contributed by atoms with Gasteiger partial charge < -0.3 is 9.67 Å². The van der Waals surface area contributed by atoms with E-state index in [0.717, 1.165) is 30.6 Å². The van der Waals surface area contributed by atoms with E-state index < -0.39 is 11.4 Å². The molecule has 1 heterocycles. The molecule has 0 amide bonds. The van der Waals surface area contributed by atoms with Crippen molar-refractivity contribution < 1.29 is 9.90 Å². The van der Waals surface area contributed by atoms with Gasteiger partial charge in [0.25, 0.3) is 0 Å². The molecule has 1 aliphatic rings. The Labute approximate surface area is 102 Å². The average Bonchev–Trinajstić information content (AvgIpc) is 2.97. The van der Waals surface area contributed by atoms with Gasteiger partial charge in [0.15, 0.2) is 0 Å². The summed E-state index contributed by atoms with van der Waals surface area (Å²) >= 11 is 0. The molecule has 1 N–H and O–H groups in total. The Morgan fingerprint density at radius 1 is 1.47 bits per heavy atom. The molecule has 0 radical (unpaired) electrons. The molecule has 94 valence electrons. The number of aromatic nitrogens is 1. The summed E-state index contributed by atoms with van der Waals surface area (Å²) in [4.78, 5) is 11.4. The van der Waals surface area contributed by atoms with Crippen LogP contribution in [0.2, 0.25) is 0 Å². The molecule has 3 heteroatoms. The van der Waals surface area contributed by atoms with Crippen LogP contribution < -0.4 is 0 Å². The van der Waals surface area contributed by atoms with E-state index in [9.17, 15) is 9.90 Å². The van der Waals surface area contributed by atoms with Crippen molar-refractivity contribution in [2.75, 3.05) is 0 Å². The van der Waals surface area contributed by atoms with Gasteiger partial charge in [-0.05, 0) is 44.2 Å². The highest BCUT2D eigenvalue weighted by Crippen LogP contribution is 2.50. The van der Waals surface area contributed by atoms with E-state index in [1.54, 1.807) is 0 Å². The third-order valence-corrected chi connectivity index (χ3v) is 3.80. The van der Waals surface area contributed by atoms with Crippen molar-refractivity contribution in [2.45, 2.75) is 52.5 Å². The van der Waals surface area contributed by atoms with Crippen LogP contribution in [-0.4, -0.2) is 15.6 Å². The van der Waals surface area contributed by atoms with Gasteiger partial charge in [-0.2, -0.15) is 0 Å². The molecule has 2 rings (SSSR count). The molecule has 0 bridgehead atoms. The van der Waals surface area contributed by atoms with Crippen molar-refractivity contribution in [1.82, 2.24) is 4.57 Å². The maximum atomic E-state index is 11.4. The van der Waals surface area contributed by atoms with Crippen LogP contribution in [0.3, 0.4) is 0 Å². The summed E-state index contributed by atoms with van der Waals surface area (Å²) in [6.45, 7) is 9.45. The maximum absolute atomic E-state index is 11.4. The molecule has 1 saturated carbocycles. The molecule has 1 aromatic heterocycles. The SMILES string of the molecule is Cc1cc(C2(C(=O)O)CC2)c(C)n1CC(C)C. The van der Waals surface area contributed by atoms with Crippen molar-refractivity contribution in [3.05, 3.63) is 23.0 Å². The molecule has 0 unspecified atom stereocenters. The van der Waals surface area contributed by atoms with Crippen LogP contribution >= 0.6 is 0 Å². The molecule has 0 aliphatic heterocycles. The zero-order valence-electron chi connectivity index (χ0n) is 11.1. The minimum atomic E-state index is -0.665. The summed E-state index contributed by atoms with van der Waals surface area (Å²) in [5.41, 5.74) is 2.77. The Hall–Kier alpha value is -1.25. The summed E-state index contributed by atoms with van der Waals surface area (Å²) in [6, 6.07) is 2.07. The molecular formula is C14H21NO2. The predicted octanol–water partition coefficient (Wildman–Crippen LogP) is 2.88. The zero-order valence-corrected chi connectivity index (χ0v) is 11.1. The fourth-order valence-corrected chi connectivity index (χ4v) is 2.66. The van der Waals surface area contributed by atoms with E-state index >= 15 is 0 Å².